The van der Waals surface area contributed by atoms with Crippen LogP contribution in [0.4, 0.5) is 17.6 Å². The zero-order chi connectivity index (χ0) is 17.4. The van der Waals surface area contributed by atoms with E-state index in [1.807, 2.05) is 0 Å². The van der Waals surface area contributed by atoms with Crippen LogP contribution in [0.15, 0.2) is 35.3 Å². The Morgan fingerprint density at radius 1 is 1.22 bits per heavy atom. The van der Waals surface area contributed by atoms with E-state index in [1.54, 1.807) is 0 Å². The van der Waals surface area contributed by atoms with Crippen molar-refractivity contribution >= 4 is 5.91 Å². The van der Waals surface area contributed by atoms with Gasteiger partial charge in [0.2, 0.25) is 5.43 Å². The first-order chi connectivity index (χ1) is 10.6. The first-order valence-electron chi connectivity index (χ1n) is 6.46. The molecule has 0 fully saturated rings. The van der Waals surface area contributed by atoms with Gasteiger partial charge in [0.1, 0.15) is 17.9 Å². The predicted octanol–water partition coefficient (Wildman–Crippen LogP) is 2.62. The SMILES string of the molecule is Cc1c(-c2ccc(F)cc2)c(=O)c(C(N)=O)cn1CC(F)(F)F. The van der Waals surface area contributed by atoms with Gasteiger partial charge in [-0.1, -0.05) is 12.1 Å². The number of amides is 1. The van der Waals surface area contributed by atoms with Crippen molar-refractivity contribution in [2.75, 3.05) is 0 Å². The van der Waals surface area contributed by atoms with Crippen molar-refractivity contribution in [3.63, 3.8) is 0 Å². The molecule has 122 valence electrons. The third kappa shape index (κ3) is 3.58. The lowest BCUT2D eigenvalue weighted by Gasteiger charge is -2.17. The van der Waals surface area contributed by atoms with Gasteiger partial charge in [0.05, 0.1) is 0 Å². The van der Waals surface area contributed by atoms with Gasteiger partial charge >= 0.3 is 6.18 Å². The number of benzene rings is 1. The van der Waals surface area contributed by atoms with E-state index in [9.17, 15) is 27.2 Å². The number of alkyl halides is 3. The summed E-state index contributed by atoms with van der Waals surface area (Å²) >= 11 is 0. The number of hydrogen-bond donors (Lipinski definition) is 1. The summed E-state index contributed by atoms with van der Waals surface area (Å²) in [6.07, 6.45) is -3.75. The summed E-state index contributed by atoms with van der Waals surface area (Å²) in [6, 6.07) is 4.64. The highest BCUT2D eigenvalue weighted by molar-refractivity contribution is 5.93. The number of rotatable bonds is 3. The van der Waals surface area contributed by atoms with Crippen LogP contribution in [0.2, 0.25) is 0 Å². The monoisotopic (exact) mass is 328 g/mol. The van der Waals surface area contributed by atoms with Crippen molar-refractivity contribution in [2.24, 2.45) is 5.73 Å². The average Bonchev–Trinajstić information content (AvgIpc) is 2.42. The van der Waals surface area contributed by atoms with Crippen molar-refractivity contribution < 1.29 is 22.4 Å². The highest BCUT2D eigenvalue weighted by Crippen LogP contribution is 2.24. The Bertz CT molecular complexity index is 808. The largest absolute Gasteiger partial charge is 0.406 e. The highest BCUT2D eigenvalue weighted by atomic mass is 19.4. The van der Waals surface area contributed by atoms with E-state index in [2.05, 4.69) is 0 Å². The van der Waals surface area contributed by atoms with Crippen molar-refractivity contribution in [3.8, 4) is 11.1 Å². The van der Waals surface area contributed by atoms with Gasteiger partial charge < -0.3 is 10.3 Å². The fourth-order valence-electron chi connectivity index (χ4n) is 2.24. The van der Waals surface area contributed by atoms with E-state index in [4.69, 9.17) is 5.73 Å². The van der Waals surface area contributed by atoms with Crippen LogP contribution in [0.3, 0.4) is 0 Å². The summed E-state index contributed by atoms with van der Waals surface area (Å²) in [7, 11) is 0. The fraction of sp³-hybridized carbons (Fsp3) is 0.200. The normalized spacial score (nSPS) is 11.5. The minimum absolute atomic E-state index is 0.00364. The standard InChI is InChI=1S/C15H12F4N2O2/c1-8-12(9-2-4-10(16)5-3-9)13(22)11(14(20)23)6-21(8)7-15(17,18)19/h2-6H,7H2,1H3,(H2,20,23). The second-order valence-electron chi connectivity index (χ2n) is 4.95. The maximum Gasteiger partial charge on any atom is 0.406 e. The minimum Gasteiger partial charge on any atom is -0.365 e. The molecule has 1 amide bonds. The van der Waals surface area contributed by atoms with Gasteiger partial charge in [-0.05, 0) is 24.6 Å². The lowest BCUT2D eigenvalue weighted by Crippen LogP contribution is -2.29. The molecule has 2 aromatic rings. The zero-order valence-corrected chi connectivity index (χ0v) is 11.9. The summed E-state index contributed by atoms with van der Waals surface area (Å²) in [5, 5.41) is 0. The number of carbonyl (C=O) groups is 1. The van der Waals surface area contributed by atoms with Crippen LogP contribution in [-0.2, 0) is 6.54 Å². The topological polar surface area (TPSA) is 65.1 Å². The molecule has 0 atom stereocenters. The van der Waals surface area contributed by atoms with Crippen LogP contribution >= 0.6 is 0 Å². The molecule has 0 aliphatic carbocycles. The number of nitrogens with two attached hydrogens (primary N) is 1. The Morgan fingerprint density at radius 2 is 1.78 bits per heavy atom. The van der Waals surface area contributed by atoms with Gasteiger partial charge in [-0.25, -0.2) is 4.39 Å². The fourth-order valence-corrected chi connectivity index (χ4v) is 2.24. The highest BCUT2D eigenvalue weighted by Gasteiger charge is 2.29. The molecule has 4 nitrogen and oxygen atoms in total. The summed E-state index contributed by atoms with van der Waals surface area (Å²) in [5.41, 5.74) is 3.81. The number of aromatic nitrogens is 1. The van der Waals surface area contributed by atoms with Gasteiger partial charge in [0, 0.05) is 17.5 Å². The summed E-state index contributed by atoms with van der Waals surface area (Å²) < 4.78 is 51.8. The molecule has 0 aliphatic heterocycles. The van der Waals surface area contributed by atoms with E-state index in [-0.39, 0.29) is 16.8 Å². The van der Waals surface area contributed by atoms with Crippen molar-refractivity contribution in [3.05, 3.63) is 57.8 Å². The number of carbonyl (C=O) groups excluding carboxylic acids is 1. The molecule has 0 bridgehead atoms. The molecular weight excluding hydrogens is 316 g/mol. The smallest absolute Gasteiger partial charge is 0.365 e. The van der Waals surface area contributed by atoms with E-state index < -0.39 is 35.4 Å². The molecule has 2 rings (SSSR count). The molecule has 23 heavy (non-hydrogen) atoms. The average molecular weight is 328 g/mol. The van der Waals surface area contributed by atoms with Crippen LogP contribution in [-0.4, -0.2) is 16.7 Å². The van der Waals surface area contributed by atoms with E-state index in [0.717, 1.165) is 22.9 Å². The third-order valence-corrected chi connectivity index (χ3v) is 3.30. The first-order valence-corrected chi connectivity index (χ1v) is 6.46. The molecule has 0 saturated heterocycles. The van der Waals surface area contributed by atoms with Gasteiger partial charge in [-0.2, -0.15) is 13.2 Å². The van der Waals surface area contributed by atoms with E-state index in [1.165, 1.54) is 19.1 Å². The summed E-state index contributed by atoms with van der Waals surface area (Å²) in [5.74, 6) is -1.69. The van der Waals surface area contributed by atoms with Crippen LogP contribution in [0, 0.1) is 12.7 Å². The van der Waals surface area contributed by atoms with Crippen LogP contribution in [0.5, 0.6) is 0 Å². The Hall–Kier alpha value is -2.64. The first kappa shape index (κ1) is 16.7. The van der Waals surface area contributed by atoms with Crippen molar-refractivity contribution in [1.29, 1.82) is 0 Å². The van der Waals surface area contributed by atoms with E-state index in [0.29, 0.717) is 0 Å². The second kappa shape index (κ2) is 5.86. The minimum atomic E-state index is -4.55. The van der Waals surface area contributed by atoms with Gasteiger partial charge in [0.25, 0.3) is 5.91 Å². The zero-order valence-electron chi connectivity index (χ0n) is 11.9. The van der Waals surface area contributed by atoms with Gasteiger partial charge in [-0.15, -0.1) is 0 Å². The van der Waals surface area contributed by atoms with Crippen LogP contribution in [0.1, 0.15) is 16.1 Å². The van der Waals surface area contributed by atoms with Crippen LogP contribution < -0.4 is 11.2 Å². The van der Waals surface area contributed by atoms with E-state index >= 15 is 0 Å². The number of pyridine rings is 1. The molecule has 1 heterocycles. The quantitative estimate of drug-likeness (QED) is 0.880. The number of primary amides is 1. The Balaban J connectivity index is 2.76. The molecule has 0 radical (unpaired) electrons. The molecule has 0 saturated carbocycles. The second-order valence-corrected chi connectivity index (χ2v) is 4.95. The summed E-state index contributed by atoms with van der Waals surface area (Å²) in [4.78, 5) is 23.7. The van der Waals surface area contributed by atoms with Crippen molar-refractivity contribution in [2.45, 2.75) is 19.6 Å². The molecule has 8 heteroatoms. The Morgan fingerprint density at radius 3 is 2.26 bits per heavy atom. The third-order valence-electron chi connectivity index (χ3n) is 3.30. The van der Waals surface area contributed by atoms with Gasteiger partial charge in [0.15, 0.2) is 0 Å². The molecule has 0 spiro atoms. The number of halogens is 4. The molecule has 0 aliphatic rings. The van der Waals surface area contributed by atoms with Gasteiger partial charge in [-0.3, -0.25) is 9.59 Å². The maximum absolute atomic E-state index is 13.0. The molecule has 0 unspecified atom stereocenters. The Labute approximate surface area is 128 Å². The maximum atomic E-state index is 13.0. The number of hydrogen-bond acceptors (Lipinski definition) is 2. The van der Waals surface area contributed by atoms with Crippen LogP contribution in [0.25, 0.3) is 11.1 Å². The molecule has 2 N–H and O–H groups in total. The molecule has 1 aromatic carbocycles. The number of nitrogens with zero attached hydrogens (tertiary/aromatic N) is 1. The Kier molecular flexibility index (Phi) is 4.26. The lowest BCUT2D eigenvalue weighted by molar-refractivity contribution is -0.141. The lowest BCUT2D eigenvalue weighted by atomic mass is 10.0. The summed E-state index contributed by atoms with van der Waals surface area (Å²) in [6.45, 7) is -0.0653. The molecule has 1 aromatic heterocycles. The molecular formula is C15H12F4N2O2. The van der Waals surface area contributed by atoms with Crippen molar-refractivity contribution in [1.82, 2.24) is 4.57 Å². The predicted molar refractivity (Wildman–Crippen MR) is 75.4 cm³/mol.